The molecule has 0 spiro atoms. The SMILES string of the molecule is CN(Cc1ccc(C#N)cc1)C1CCNCC1. The zero-order valence-corrected chi connectivity index (χ0v) is 10.3. The second kappa shape index (κ2) is 5.81. The Morgan fingerprint density at radius 2 is 1.94 bits per heavy atom. The monoisotopic (exact) mass is 229 g/mol. The number of hydrogen-bond donors (Lipinski definition) is 1. The molecule has 1 N–H and O–H groups in total. The number of nitrogens with zero attached hydrogens (tertiary/aromatic N) is 2. The summed E-state index contributed by atoms with van der Waals surface area (Å²) >= 11 is 0. The van der Waals surface area contributed by atoms with Crippen LogP contribution in [-0.2, 0) is 6.54 Å². The van der Waals surface area contributed by atoms with Gasteiger partial charge in [-0.25, -0.2) is 0 Å². The summed E-state index contributed by atoms with van der Waals surface area (Å²) in [6.07, 6.45) is 2.46. The fourth-order valence-corrected chi connectivity index (χ4v) is 2.35. The van der Waals surface area contributed by atoms with E-state index in [2.05, 4.69) is 35.5 Å². The molecule has 90 valence electrons. The van der Waals surface area contributed by atoms with E-state index in [1.165, 1.54) is 18.4 Å². The number of nitrogens with one attached hydrogen (secondary N) is 1. The van der Waals surface area contributed by atoms with Crippen molar-refractivity contribution < 1.29 is 0 Å². The van der Waals surface area contributed by atoms with Gasteiger partial charge >= 0.3 is 0 Å². The van der Waals surface area contributed by atoms with Crippen LogP contribution in [0.3, 0.4) is 0 Å². The fraction of sp³-hybridized carbons (Fsp3) is 0.500. The van der Waals surface area contributed by atoms with Crippen molar-refractivity contribution in [2.75, 3.05) is 20.1 Å². The summed E-state index contributed by atoms with van der Waals surface area (Å²) < 4.78 is 0. The van der Waals surface area contributed by atoms with Crippen LogP contribution >= 0.6 is 0 Å². The van der Waals surface area contributed by atoms with Crippen molar-refractivity contribution in [2.45, 2.75) is 25.4 Å². The van der Waals surface area contributed by atoms with Crippen molar-refractivity contribution in [2.24, 2.45) is 0 Å². The van der Waals surface area contributed by atoms with Crippen LogP contribution in [0.4, 0.5) is 0 Å². The number of hydrogen-bond acceptors (Lipinski definition) is 3. The lowest BCUT2D eigenvalue weighted by molar-refractivity contribution is 0.192. The molecule has 3 nitrogen and oxygen atoms in total. The summed E-state index contributed by atoms with van der Waals surface area (Å²) in [6, 6.07) is 10.7. The number of rotatable bonds is 3. The van der Waals surface area contributed by atoms with E-state index in [4.69, 9.17) is 5.26 Å². The average molecular weight is 229 g/mol. The first kappa shape index (κ1) is 12.1. The Balaban J connectivity index is 1.92. The van der Waals surface area contributed by atoms with Crippen molar-refractivity contribution in [1.29, 1.82) is 5.26 Å². The Kier molecular flexibility index (Phi) is 4.13. The summed E-state index contributed by atoms with van der Waals surface area (Å²) in [6.45, 7) is 3.22. The van der Waals surface area contributed by atoms with Gasteiger partial charge in [0.2, 0.25) is 0 Å². The highest BCUT2D eigenvalue weighted by Crippen LogP contribution is 2.14. The molecular formula is C14H19N3. The highest BCUT2D eigenvalue weighted by Gasteiger charge is 2.17. The Hall–Kier alpha value is -1.37. The molecule has 0 unspecified atom stereocenters. The first-order valence-electron chi connectivity index (χ1n) is 6.19. The zero-order chi connectivity index (χ0) is 12.1. The number of nitriles is 1. The Morgan fingerprint density at radius 1 is 1.29 bits per heavy atom. The first-order valence-corrected chi connectivity index (χ1v) is 6.19. The molecule has 0 radical (unpaired) electrons. The van der Waals surface area contributed by atoms with Crippen LogP contribution in [-0.4, -0.2) is 31.1 Å². The third-order valence-corrected chi connectivity index (χ3v) is 3.45. The Morgan fingerprint density at radius 3 is 2.53 bits per heavy atom. The molecule has 1 aromatic carbocycles. The summed E-state index contributed by atoms with van der Waals surface area (Å²) in [5.74, 6) is 0. The van der Waals surface area contributed by atoms with E-state index >= 15 is 0 Å². The summed E-state index contributed by atoms with van der Waals surface area (Å²) in [4.78, 5) is 2.42. The van der Waals surface area contributed by atoms with E-state index in [1.807, 2.05) is 12.1 Å². The van der Waals surface area contributed by atoms with Crippen LogP contribution in [0.2, 0.25) is 0 Å². The van der Waals surface area contributed by atoms with Crippen LogP contribution in [0.25, 0.3) is 0 Å². The van der Waals surface area contributed by atoms with Gasteiger partial charge in [-0.05, 0) is 50.7 Å². The molecule has 0 saturated carbocycles. The van der Waals surface area contributed by atoms with Crippen LogP contribution < -0.4 is 5.32 Å². The molecule has 1 aliphatic rings. The molecule has 1 saturated heterocycles. The minimum absolute atomic E-state index is 0.687. The molecule has 1 fully saturated rings. The van der Waals surface area contributed by atoms with E-state index in [0.29, 0.717) is 6.04 Å². The second-order valence-electron chi connectivity index (χ2n) is 4.71. The predicted octanol–water partition coefficient (Wildman–Crippen LogP) is 1.74. The van der Waals surface area contributed by atoms with Gasteiger partial charge in [0.1, 0.15) is 0 Å². The molecular weight excluding hydrogens is 210 g/mol. The maximum Gasteiger partial charge on any atom is 0.0991 e. The molecule has 0 bridgehead atoms. The van der Waals surface area contributed by atoms with Crippen LogP contribution in [0, 0.1) is 11.3 Å². The van der Waals surface area contributed by atoms with Gasteiger partial charge in [0.05, 0.1) is 11.6 Å². The molecule has 0 amide bonds. The van der Waals surface area contributed by atoms with Gasteiger partial charge in [-0.15, -0.1) is 0 Å². The van der Waals surface area contributed by atoms with Crippen molar-refractivity contribution >= 4 is 0 Å². The Bertz CT molecular complexity index is 385. The normalized spacial score (nSPS) is 17.0. The standard InChI is InChI=1S/C14H19N3/c1-17(14-6-8-16-9-7-14)11-13-4-2-12(10-15)3-5-13/h2-5,14,16H,6-9,11H2,1H3. The van der Waals surface area contributed by atoms with Gasteiger partial charge < -0.3 is 5.32 Å². The highest BCUT2D eigenvalue weighted by atomic mass is 15.1. The van der Waals surface area contributed by atoms with Crippen LogP contribution in [0.15, 0.2) is 24.3 Å². The lowest BCUT2D eigenvalue weighted by Gasteiger charge is -2.31. The smallest absolute Gasteiger partial charge is 0.0991 e. The molecule has 0 aromatic heterocycles. The summed E-state index contributed by atoms with van der Waals surface area (Å²) in [7, 11) is 2.19. The molecule has 2 rings (SSSR count). The maximum absolute atomic E-state index is 8.75. The fourth-order valence-electron chi connectivity index (χ4n) is 2.35. The molecule has 0 aliphatic carbocycles. The maximum atomic E-state index is 8.75. The average Bonchev–Trinajstić information content (AvgIpc) is 2.40. The van der Waals surface area contributed by atoms with Gasteiger partial charge in [0, 0.05) is 12.6 Å². The van der Waals surface area contributed by atoms with Crippen molar-refractivity contribution in [3.8, 4) is 6.07 Å². The molecule has 0 atom stereocenters. The van der Waals surface area contributed by atoms with Crippen LogP contribution in [0.5, 0.6) is 0 Å². The van der Waals surface area contributed by atoms with Crippen molar-refractivity contribution in [3.63, 3.8) is 0 Å². The van der Waals surface area contributed by atoms with E-state index < -0.39 is 0 Å². The van der Waals surface area contributed by atoms with E-state index in [9.17, 15) is 0 Å². The number of benzene rings is 1. The molecule has 1 aromatic rings. The largest absolute Gasteiger partial charge is 0.317 e. The quantitative estimate of drug-likeness (QED) is 0.858. The second-order valence-corrected chi connectivity index (χ2v) is 4.71. The molecule has 3 heteroatoms. The van der Waals surface area contributed by atoms with Gasteiger partial charge in [0.25, 0.3) is 0 Å². The first-order chi connectivity index (χ1) is 8.29. The van der Waals surface area contributed by atoms with Gasteiger partial charge in [0.15, 0.2) is 0 Å². The van der Waals surface area contributed by atoms with Crippen LogP contribution in [0.1, 0.15) is 24.0 Å². The molecule has 1 aliphatic heterocycles. The minimum atomic E-state index is 0.687. The summed E-state index contributed by atoms with van der Waals surface area (Å²) in [5, 5.41) is 12.1. The topological polar surface area (TPSA) is 39.1 Å². The number of piperidine rings is 1. The lowest BCUT2D eigenvalue weighted by Crippen LogP contribution is -2.40. The lowest BCUT2D eigenvalue weighted by atomic mass is 10.0. The van der Waals surface area contributed by atoms with Gasteiger partial charge in [-0.2, -0.15) is 5.26 Å². The van der Waals surface area contributed by atoms with Crippen molar-refractivity contribution in [3.05, 3.63) is 35.4 Å². The van der Waals surface area contributed by atoms with Gasteiger partial charge in [-0.3, -0.25) is 4.90 Å². The predicted molar refractivity (Wildman–Crippen MR) is 68.5 cm³/mol. The van der Waals surface area contributed by atoms with Gasteiger partial charge in [-0.1, -0.05) is 12.1 Å². The van der Waals surface area contributed by atoms with E-state index in [-0.39, 0.29) is 0 Å². The third kappa shape index (κ3) is 3.29. The zero-order valence-electron chi connectivity index (χ0n) is 10.3. The third-order valence-electron chi connectivity index (χ3n) is 3.45. The minimum Gasteiger partial charge on any atom is -0.317 e. The Labute approximate surface area is 103 Å². The summed E-state index contributed by atoms with van der Waals surface area (Å²) in [5.41, 5.74) is 2.02. The van der Waals surface area contributed by atoms with E-state index in [1.54, 1.807) is 0 Å². The van der Waals surface area contributed by atoms with Crippen molar-refractivity contribution in [1.82, 2.24) is 10.2 Å². The molecule has 17 heavy (non-hydrogen) atoms. The highest BCUT2D eigenvalue weighted by molar-refractivity contribution is 5.31. The van der Waals surface area contributed by atoms with E-state index in [0.717, 1.165) is 25.2 Å². The molecule has 1 heterocycles.